The fourth-order valence-corrected chi connectivity index (χ4v) is 2.76. The molecule has 4 heteroatoms. The summed E-state index contributed by atoms with van der Waals surface area (Å²) in [4.78, 5) is 23.1. The van der Waals surface area contributed by atoms with Crippen molar-refractivity contribution in [2.24, 2.45) is 0 Å². The smallest absolute Gasteiger partial charge is 0.338 e. The van der Waals surface area contributed by atoms with Crippen LogP contribution in [0, 0.1) is 0 Å². The van der Waals surface area contributed by atoms with Gasteiger partial charge < -0.3 is 10.1 Å². The Bertz CT molecular complexity index is 514. The van der Waals surface area contributed by atoms with E-state index in [-0.39, 0.29) is 11.9 Å². The Morgan fingerprint density at radius 3 is 2.12 bits per heavy atom. The predicted molar refractivity (Wildman–Crippen MR) is 103 cm³/mol. The van der Waals surface area contributed by atoms with Gasteiger partial charge in [0.25, 0.3) is 0 Å². The van der Waals surface area contributed by atoms with E-state index in [0.717, 1.165) is 12.8 Å². The van der Waals surface area contributed by atoms with Gasteiger partial charge in [0, 0.05) is 12.6 Å². The summed E-state index contributed by atoms with van der Waals surface area (Å²) in [5.41, 5.74) is 1.08. The topological polar surface area (TPSA) is 55.4 Å². The van der Waals surface area contributed by atoms with Crippen molar-refractivity contribution in [1.29, 1.82) is 0 Å². The molecular formula is C21H33NO3. The van der Waals surface area contributed by atoms with Gasteiger partial charge in [-0.15, -0.1) is 0 Å². The van der Waals surface area contributed by atoms with E-state index in [0.29, 0.717) is 17.9 Å². The summed E-state index contributed by atoms with van der Waals surface area (Å²) < 4.78 is 5.31. The zero-order valence-corrected chi connectivity index (χ0v) is 15.8. The molecule has 0 saturated heterocycles. The molecule has 0 heterocycles. The number of nitrogens with one attached hydrogen (secondary N) is 1. The molecule has 0 aromatic heterocycles. The summed E-state index contributed by atoms with van der Waals surface area (Å²) in [7, 11) is 0. The molecule has 0 unspecified atom stereocenters. The molecule has 0 radical (unpaired) electrons. The van der Waals surface area contributed by atoms with Crippen LogP contribution >= 0.6 is 0 Å². The Hall–Kier alpha value is -1.84. The number of carbonyl (C=O) groups excluding carboxylic acids is 2. The number of ether oxygens (including phenoxy) is 1. The molecule has 140 valence electrons. The lowest BCUT2D eigenvalue weighted by Crippen LogP contribution is -2.09. The average molecular weight is 347 g/mol. The SMILES string of the molecule is CCCCCCCCCCCCOC(=O)c1cccc(NC(C)=O)c1. The number of carbonyl (C=O) groups is 2. The highest BCUT2D eigenvalue weighted by Crippen LogP contribution is 2.13. The second-order valence-electron chi connectivity index (χ2n) is 6.58. The Morgan fingerprint density at radius 1 is 0.920 bits per heavy atom. The molecule has 0 fully saturated rings. The van der Waals surface area contributed by atoms with Crippen molar-refractivity contribution in [2.75, 3.05) is 11.9 Å². The number of anilines is 1. The van der Waals surface area contributed by atoms with E-state index in [9.17, 15) is 9.59 Å². The van der Waals surface area contributed by atoms with E-state index in [2.05, 4.69) is 12.2 Å². The summed E-state index contributed by atoms with van der Waals surface area (Å²) >= 11 is 0. The molecule has 4 nitrogen and oxygen atoms in total. The van der Waals surface area contributed by atoms with Gasteiger partial charge in [-0.2, -0.15) is 0 Å². The molecule has 0 aliphatic rings. The third-order valence-electron chi connectivity index (χ3n) is 4.15. The molecule has 25 heavy (non-hydrogen) atoms. The van der Waals surface area contributed by atoms with Gasteiger partial charge in [-0.05, 0) is 24.6 Å². The number of hydrogen-bond acceptors (Lipinski definition) is 3. The fraction of sp³-hybridized carbons (Fsp3) is 0.619. The van der Waals surface area contributed by atoms with Gasteiger partial charge in [-0.3, -0.25) is 4.79 Å². The first-order chi connectivity index (χ1) is 12.1. The van der Waals surface area contributed by atoms with Crippen molar-refractivity contribution >= 4 is 17.6 Å². The second-order valence-corrected chi connectivity index (χ2v) is 6.58. The summed E-state index contributed by atoms with van der Waals surface area (Å²) in [6.07, 6.45) is 12.6. The van der Waals surface area contributed by atoms with Gasteiger partial charge in [0.05, 0.1) is 12.2 Å². The zero-order chi connectivity index (χ0) is 18.3. The molecule has 0 aliphatic carbocycles. The number of amides is 1. The van der Waals surface area contributed by atoms with Crippen LogP contribution in [-0.2, 0) is 9.53 Å². The van der Waals surface area contributed by atoms with Crippen LogP contribution in [0.4, 0.5) is 5.69 Å². The highest BCUT2D eigenvalue weighted by atomic mass is 16.5. The first kappa shape index (κ1) is 21.2. The van der Waals surface area contributed by atoms with Crippen LogP contribution in [0.15, 0.2) is 24.3 Å². The van der Waals surface area contributed by atoms with Crippen LogP contribution in [0.2, 0.25) is 0 Å². The second kappa shape index (κ2) is 13.5. The molecular weight excluding hydrogens is 314 g/mol. The van der Waals surface area contributed by atoms with Gasteiger partial charge >= 0.3 is 5.97 Å². The van der Waals surface area contributed by atoms with Crippen LogP contribution in [0.25, 0.3) is 0 Å². The van der Waals surface area contributed by atoms with Crippen molar-refractivity contribution in [3.63, 3.8) is 0 Å². The van der Waals surface area contributed by atoms with E-state index in [1.807, 2.05) is 0 Å². The molecule has 0 aliphatic heterocycles. The zero-order valence-electron chi connectivity index (χ0n) is 15.8. The first-order valence-electron chi connectivity index (χ1n) is 9.68. The maximum atomic E-state index is 12.0. The molecule has 0 saturated carbocycles. The van der Waals surface area contributed by atoms with E-state index < -0.39 is 0 Å². The van der Waals surface area contributed by atoms with Crippen molar-refractivity contribution in [2.45, 2.75) is 78.1 Å². The maximum Gasteiger partial charge on any atom is 0.338 e. The van der Waals surface area contributed by atoms with Crippen LogP contribution in [0.3, 0.4) is 0 Å². The third-order valence-corrected chi connectivity index (χ3v) is 4.15. The summed E-state index contributed by atoms with van der Waals surface area (Å²) in [6.45, 7) is 4.14. The molecule has 1 rings (SSSR count). The molecule has 0 atom stereocenters. The Morgan fingerprint density at radius 2 is 1.52 bits per heavy atom. The minimum Gasteiger partial charge on any atom is -0.462 e. The van der Waals surface area contributed by atoms with E-state index in [1.54, 1.807) is 24.3 Å². The van der Waals surface area contributed by atoms with Crippen molar-refractivity contribution in [3.05, 3.63) is 29.8 Å². The predicted octanol–water partition coefficient (Wildman–Crippen LogP) is 5.72. The van der Waals surface area contributed by atoms with Gasteiger partial charge in [-0.25, -0.2) is 4.79 Å². The number of benzene rings is 1. The molecule has 1 amide bonds. The van der Waals surface area contributed by atoms with Gasteiger partial charge in [-0.1, -0.05) is 70.8 Å². The highest BCUT2D eigenvalue weighted by molar-refractivity contribution is 5.93. The monoisotopic (exact) mass is 347 g/mol. The van der Waals surface area contributed by atoms with Crippen molar-refractivity contribution < 1.29 is 14.3 Å². The summed E-state index contributed by atoms with van der Waals surface area (Å²) in [5, 5.41) is 2.67. The molecule has 0 spiro atoms. The van der Waals surface area contributed by atoms with Gasteiger partial charge in [0.15, 0.2) is 0 Å². The lowest BCUT2D eigenvalue weighted by molar-refractivity contribution is -0.114. The Balaban J connectivity index is 2.08. The molecule has 1 aromatic rings. The van der Waals surface area contributed by atoms with Crippen LogP contribution in [0.1, 0.15) is 88.4 Å². The Kier molecular flexibility index (Phi) is 11.4. The summed E-state index contributed by atoms with van der Waals surface area (Å²) in [6, 6.07) is 6.83. The van der Waals surface area contributed by atoms with E-state index in [4.69, 9.17) is 4.74 Å². The fourth-order valence-electron chi connectivity index (χ4n) is 2.76. The third kappa shape index (κ3) is 10.6. The van der Waals surface area contributed by atoms with Crippen LogP contribution in [-0.4, -0.2) is 18.5 Å². The van der Waals surface area contributed by atoms with Crippen molar-refractivity contribution in [1.82, 2.24) is 0 Å². The normalized spacial score (nSPS) is 10.5. The van der Waals surface area contributed by atoms with Crippen LogP contribution < -0.4 is 5.32 Å². The molecule has 1 aromatic carbocycles. The number of unbranched alkanes of at least 4 members (excludes halogenated alkanes) is 9. The minimum absolute atomic E-state index is 0.157. The van der Waals surface area contributed by atoms with E-state index in [1.165, 1.54) is 58.3 Å². The molecule has 0 bridgehead atoms. The van der Waals surface area contributed by atoms with Crippen molar-refractivity contribution in [3.8, 4) is 0 Å². The van der Waals surface area contributed by atoms with Crippen LogP contribution in [0.5, 0.6) is 0 Å². The lowest BCUT2D eigenvalue weighted by Gasteiger charge is -2.07. The standard InChI is InChI=1S/C21H33NO3/c1-3-4-5-6-7-8-9-10-11-12-16-25-21(24)19-14-13-15-20(17-19)22-18(2)23/h13-15,17H,3-12,16H2,1-2H3,(H,22,23). The quantitative estimate of drug-likeness (QED) is 0.366. The summed E-state index contributed by atoms with van der Waals surface area (Å²) in [5.74, 6) is -0.487. The number of rotatable bonds is 13. The first-order valence-corrected chi connectivity index (χ1v) is 9.68. The average Bonchev–Trinajstić information content (AvgIpc) is 2.59. The lowest BCUT2D eigenvalue weighted by atomic mass is 10.1. The largest absolute Gasteiger partial charge is 0.462 e. The van der Waals surface area contributed by atoms with Gasteiger partial charge in [0.2, 0.25) is 5.91 Å². The minimum atomic E-state index is -0.330. The maximum absolute atomic E-state index is 12.0. The Labute approximate surface area is 152 Å². The molecule has 1 N–H and O–H groups in total. The number of esters is 1. The van der Waals surface area contributed by atoms with E-state index >= 15 is 0 Å². The van der Waals surface area contributed by atoms with Gasteiger partial charge in [0.1, 0.15) is 0 Å². The highest BCUT2D eigenvalue weighted by Gasteiger charge is 2.08. The number of hydrogen-bond donors (Lipinski definition) is 1.